The Balaban J connectivity index is 2.57. The molecule has 0 unspecified atom stereocenters. The lowest BCUT2D eigenvalue weighted by atomic mass is 10.1. The molecule has 2 rings (SSSR count). The van der Waals surface area contributed by atoms with Crippen molar-refractivity contribution in [3.63, 3.8) is 0 Å². The Morgan fingerprint density at radius 3 is 2.93 bits per heavy atom. The molecule has 1 N–H and O–H groups in total. The normalized spacial score (nSPS) is 10.5. The molecule has 0 bridgehead atoms. The van der Waals surface area contributed by atoms with E-state index in [1.54, 1.807) is 18.3 Å². The van der Waals surface area contributed by atoms with Gasteiger partial charge in [0.1, 0.15) is 10.4 Å². The highest BCUT2D eigenvalue weighted by Gasteiger charge is 2.04. The molecule has 0 aliphatic heterocycles. The first kappa shape index (κ1) is 10.1. The van der Waals surface area contributed by atoms with Crippen LogP contribution in [0.4, 0.5) is 0 Å². The summed E-state index contributed by atoms with van der Waals surface area (Å²) in [6, 6.07) is 7.23. The Morgan fingerprint density at radius 1 is 1.40 bits per heavy atom. The first-order valence-electron chi connectivity index (χ1n) is 4.48. The van der Waals surface area contributed by atoms with Crippen molar-refractivity contribution in [2.24, 2.45) is 0 Å². The average molecular weight is 237 g/mol. The molecule has 0 aliphatic rings. The van der Waals surface area contributed by atoms with Gasteiger partial charge in [0.2, 0.25) is 5.91 Å². The van der Waals surface area contributed by atoms with Crippen LogP contribution in [0.2, 0.25) is 5.02 Å². The highest BCUT2D eigenvalue weighted by molar-refractivity contribution is 6.31. The van der Waals surface area contributed by atoms with Crippen molar-refractivity contribution in [1.29, 1.82) is 0 Å². The van der Waals surface area contributed by atoms with E-state index in [1.165, 1.54) is 0 Å². The van der Waals surface area contributed by atoms with E-state index in [0.29, 0.717) is 21.0 Å². The number of nitrogens with zero attached hydrogens (tertiary/aromatic N) is 1. The van der Waals surface area contributed by atoms with Gasteiger partial charge in [-0.1, -0.05) is 17.7 Å². The van der Waals surface area contributed by atoms with E-state index in [1.807, 2.05) is 12.1 Å². The number of carbonyl (C=O) groups is 1. The third-order valence-electron chi connectivity index (χ3n) is 2.14. The summed E-state index contributed by atoms with van der Waals surface area (Å²) in [4.78, 5) is 18.3. The second kappa shape index (κ2) is 4.00. The van der Waals surface area contributed by atoms with Gasteiger partial charge in [0, 0.05) is 16.6 Å². The fourth-order valence-electron chi connectivity index (χ4n) is 1.36. The summed E-state index contributed by atoms with van der Waals surface area (Å²) < 4.78 is 0. The van der Waals surface area contributed by atoms with Gasteiger partial charge in [-0.05, 0) is 18.2 Å². The number of carbonyl (C=O) groups excluding carboxylic acids is 1. The van der Waals surface area contributed by atoms with Crippen LogP contribution in [0, 0.1) is 0 Å². The smallest absolute Gasteiger partial charge is 0.244 e. The monoisotopic (exact) mass is 236 g/mol. The Bertz CT molecular complexity index is 530. The van der Waals surface area contributed by atoms with Crippen LogP contribution in [0.5, 0.6) is 0 Å². The molecule has 0 saturated carbocycles. The third-order valence-corrected chi connectivity index (χ3v) is 2.82. The van der Waals surface area contributed by atoms with E-state index in [0.717, 1.165) is 10.9 Å². The van der Waals surface area contributed by atoms with Crippen LogP contribution < -0.4 is 4.98 Å². The van der Waals surface area contributed by atoms with E-state index < -0.39 is 0 Å². The van der Waals surface area contributed by atoms with Crippen LogP contribution in [0.15, 0.2) is 30.5 Å². The van der Waals surface area contributed by atoms with Gasteiger partial charge >= 0.3 is 0 Å². The lowest BCUT2D eigenvalue weighted by molar-refractivity contribution is 0.0981. The van der Waals surface area contributed by atoms with Crippen LogP contribution in [-0.2, 0) is 0 Å². The number of hydrogen-bond donors (Lipinski definition) is 1. The maximum atomic E-state index is 11.4. The lowest BCUT2D eigenvalue weighted by Gasteiger charge is -2.02. The molecule has 0 atom stereocenters. The highest BCUT2D eigenvalue weighted by atomic mass is 35.5. The summed E-state index contributed by atoms with van der Waals surface area (Å²) in [5, 5.41) is 1.57. The summed E-state index contributed by atoms with van der Waals surface area (Å²) >= 11 is 5.83. The van der Waals surface area contributed by atoms with E-state index >= 15 is 0 Å². The molecule has 5 heteroatoms. The van der Waals surface area contributed by atoms with Gasteiger partial charge in [-0.25, -0.2) is 0 Å². The Hall–Kier alpha value is -1.39. The predicted octanol–water partition coefficient (Wildman–Crippen LogP) is 0.898. The Kier molecular flexibility index (Phi) is 2.70. The third kappa shape index (κ3) is 2.00. The largest absolute Gasteiger partial charge is 0.387 e. The minimum absolute atomic E-state index is 0.0778. The molecule has 0 aliphatic carbocycles. The Labute approximate surface area is 95.0 Å². The molecule has 76 valence electrons. The number of hydrogen-bond acceptors (Lipinski definition) is 2. The van der Waals surface area contributed by atoms with Crippen LogP contribution in [0.1, 0.15) is 10.4 Å². The molecular weight excluding hydrogens is 228 g/mol. The molecule has 15 heavy (non-hydrogen) atoms. The van der Waals surface area contributed by atoms with Gasteiger partial charge in [0.15, 0.2) is 0 Å². The first-order chi connectivity index (χ1) is 7.20. The van der Waals surface area contributed by atoms with Crippen molar-refractivity contribution < 1.29 is 4.79 Å². The van der Waals surface area contributed by atoms with Crippen molar-refractivity contribution in [3.8, 4) is 0 Å². The predicted molar refractivity (Wildman–Crippen MR) is 64.2 cm³/mol. The second-order valence-electron chi connectivity index (χ2n) is 3.14. The molecule has 0 spiro atoms. The van der Waals surface area contributed by atoms with Gasteiger partial charge in [0.05, 0.1) is 11.1 Å². The molecule has 1 heterocycles. The molecular formula is C10H9ClN2OSi. The van der Waals surface area contributed by atoms with Crippen molar-refractivity contribution >= 4 is 38.8 Å². The summed E-state index contributed by atoms with van der Waals surface area (Å²) in [6.07, 6.45) is 1.56. The van der Waals surface area contributed by atoms with Crippen LogP contribution in [0.25, 0.3) is 10.9 Å². The molecule has 1 aromatic heterocycles. The van der Waals surface area contributed by atoms with E-state index in [-0.39, 0.29) is 5.91 Å². The van der Waals surface area contributed by atoms with Crippen LogP contribution in [0.3, 0.4) is 0 Å². The number of aromatic nitrogens is 1. The number of halogens is 1. The summed E-state index contributed by atoms with van der Waals surface area (Å²) in [7, 11) is 0.638. The molecule has 1 aromatic carbocycles. The second-order valence-corrected chi connectivity index (χ2v) is 4.08. The SMILES string of the molecule is O=C(N[SiH3])c1cnc2cc(Cl)ccc2c1. The zero-order valence-corrected chi connectivity index (χ0v) is 10.9. The number of benzene rings is 1. The minimum Gasteiger partial charge on any atom is -0.387 e. The van der Waals surface area contributed by atoms with Gasteiger partial charge < -0.3 is 4.98 Å². The lowest BCUT2D eigenvalue weighted by Crippen LogP contribution is -2.19. The van der Waals surface area contributed by atoms with Crippen molar-refractivity contribution in [2.75, 3.05) is 0 Å². The molecule has 0 fully saturated rings. The minimum atomic E-state index is -0.0778. The van der Waals surface area contributed by atoms with Gasteiger partial charge in [-0.2, -0.15) is 0 Å². The molecule has 0 radical (unpaired) electrons. The average Bonchev–Trinajstić information content (AvgIpc) is 2.27. The maximum absolute atomic E-state index is 11.4. The molecule has 1 amide bonds. The van der Waals surface area contributed by atoms with E-state index in [4.69, 9.17) is 11.6 Å². The van der Waals surface area contributed by atoms with Crippen LogP contribution >= 0.6 is 11.6 Å². The number of rotatable bonds is 1. The summed E-state index contributed by atoms with van der Waals surface area (Å²) in [5.74, 6) is -0.0778. The standard InChI is InChI=1S/C10H9ClN2OSi/c11-8-2-1-6-3-7(10(14)13-15)5-12-9(6)4-8/h1-5H,15H3,(H,13,14). The number of pyridine rings is 1. The highest BCUT2D eigenvalue weighted by Crippen LogP contribution is 2.18. The Morgan fingerprint density at radius 2 is 2.20 bits per heavy atom. The fourth-order valence-corrected chi connectivity index (χ4v) is 1.82. The van der Waals surface area contributed by atoms with Gasteiger partial charge in [0.25, 0.3) is 0 Å². The van der Waals surface area contributed by atoms with E-state index in [9.17, 15) is 4.79 Å². The zero-order valence-electron chi connectivity index (χ0n) is 8.12. The first-order valence-corrected chi connectivity index (χ1v) is 5.86. The van der Waals surface area contributed by atoms with Crippen molar-refractivity contribution in [2.45, 2.75) is 0 Å². The number of nitrogens with one attached hydrogen (secondary N) is 1. The molecule has 2 aromatic rings. The quantitative estimate of drug-likeness (QED) is 0.748. The zero-order chi connectivity index (χ0) is 10.8. The maximum Gasteiger partial charge on any atom is 0.244 e. The molecule has 0 saturated heterocycles. The van der Waals surface area contributed by atoms with Crippen molar-refractivity contribution in [1.82, 2.24) is 9.97 Å². The topological polar surface area (TPSA) is 42.0 Å². The van der Waals surface area contributed by atoms with Crippen LogP contribution in [-0.4, -0.2) is 21.3 Å². The molecule has 3 nitrogen and oxygen atoms in total. The van der Waals surface area contributed by atoms with Gasteiger partial charge in [-0.15, -0.1) is 0 Å². The van der Waals surface area contributed by atoms with Gasteiger partial charge in [-0.3, -0.25) is 9.78 Å². The summed E-state index contributed by atoms with van der Waals surface area (Å²) in [6.45, 7) is 0. The van der Waals surface area contributed by atoms with Crippen molar-refractivity contribution in [3.05, 3.63) is 41.0 Å². The summed E-state index contributed by atoms with van der Waals surface area (Å²) in [5.41, 5.74) is 1.38. The van der Waals surface area contributed by atoms with E-state index in [2.05, 4.69) is 9.97 Å². The number of amides is 1. The fraction of sp³-hybridized carbons (Fsp3) is 0. The number of fused-ring (bicyclic) bond motifs is 1.